The van der Waals surface area contributed by atoms with E-state index >= 15 is 0 Å². The SMILES string of the molecule is COc1ccc2c(C(=O)O)c(C(=O)O)sc2c1. The summed E-state index contributed by atoms with van der Waals surface area (Å²) in [5.41, 5.74) is -0.167. The van der Waals surface area contributed by atoms with E-state index in [9.17, 15) is 9.59 Å². The second-order valence-electron chi connectivity index (χ2n) is 3.28. The largest absolute Gasteiger partial charge is 0.497 e. The molecule has 0 amide bonds. The molecule has 6 heteroatoms. The molecule has 1 heterocycles. The number of carboxylic acids is 2. The van der Waals surface area contributed by atoms with Gasteiger partial charge in [0.25, 0.3) is 0 Å². The standard InChI is InChI=1S/C11H8O5S/c1-16-5-2-3-6-7(4-5)17-9(11(14)15)8(6)10(12)13/h2-4H,1H3,(H,12,13)(H,14,15). The molecule has 1 aromatic carbocycles. The molecule has 5 nitrogen and oxygen atoms in total. The van der Waals surface area contributed by atoms with Crippen LogP contribution in [0.5, 0.6) is 5.75 Å². The molecule has 0 saturated heterocycles. The first kappa shape index (κ1) is 11.4. The third kappa shape index (κ3) is 1.83. The second-order valence-corrected chi connectivity index (χ2v) is 4.33. The highest BCUT2D eigenvalue weighted by molar-refractivity contribution is 7.21. The highest BCUT2D eigenvalue weighted by Crippen LogP contribution is 2.33. The van der Waals surface area contributed by atoms with Gasteiger partial charge in [0.1, 0.15) is 10.6 Å². The molecule has 2 aromatic rings. The molecule has 0 spiro atoms. The van der Waals surface area contributed by atoms with Crippen molar-refractivity contribution in [1.82, 2.24) is 0 Å². The van der Waals surface area contributed by atoms with Crippen LogP contribution in [-0.2, 0) is 0 Å². The minimum absolute atomic E-state index is 0.166. The molecule has 0 unspecified atom stereocenters. The Labute approximate surface area is 99.9 Å². The van der Waals surface area contributed by atoms with Crippen molar-refractivity contribution in [2.24, 2.45) is 0 Å². The van der Waals surface area contributed by atoms with Gasteiger partial charge in [-0.15, -0.1) is 11.3 Å². The fourth-order valence-corrected chi connectivity index (χ4v) is 2.63. The molecule has 0 atom stereocenters. The maximum atomic E-state index is 11.1. The van der Waals surface area contributed by atoms with Crippen LogP contribution >= 0.6 is 11.3 Å². The Morgan fingerprint density at radius 1 is 1.24 bits per heavy atom. The van der Waals surface area contributed by atoms with Crippen LogP contribution in [0.15, 0.2) is 18.2 Å². The summed E-state index contributed by atoms with van der Waals surface area (Å²) in [6.07, 6.45) is 0. The van der Waals surface area contributed by atoms with Crippen molar-refractivity contribution in [3.05, 3.63) is 28.6 Å². The number of rotatable bonds is 3. The van der Waals surface area contributed by atoms with Gasteiger partial charge >= 0.3 is 11.9 Å². The maximum absolute atomic E-state index is 11.1. The third-order valence-electron chi connectivity index (χ3n) is 2.31. The molecule has 0 aliphatic rings. The van der Waals surface area contributed by atoms with E-state index in [1.54, 1.807) is 18.2 Å². The fourth-order valence-electron chi connectivity index (χ4n) is 1.57. The number of fused-ring (bicyclic) bond motifs is 1. The van der Waals surface area contributed by atoms with Crippen LogP contribution in [0, 0.1) is 0 Å². The first-order chi connectivity index (χ1) is 8.04. The molecule has 0 aliphatic heterocycles. The van der Waals surface area contributed by atoms with Crippen molar-refractivity contribution in [2.45, 2.75) is 0 Å². The van der Waals surface area contributed by atoms with Crippen LogP contribution in [0.3, 0.4) is 0 Å². The number of benzene rings is 1. The molecule has 17 heavy (non-hydrogen) atoms. The zero-order valence-electron chi connectivity index (χ0n) is 8.76. The van der Waals surface area contributed by atoms with Crippen LogP contribution in [0.4, 0.5) is 0 Å². The molecule has 0 aliphatic carbocycles. The summed E-state index contributed by atoms with van der Waals surface area (Å²) in [7, 11) is 1.49. The van der Waals surface area contributed by atoms with E-state index in [0.29, 0.717) is 15.8 Å². The van der Waals surface area contributed by atoms with Crippen molar-refractivity contribution < 1.29 is 24.5 Å². The van der Waals surface area contributed by atoms with Crippen LogP contribution in [0.25, 0.3) is 10.1 Å². The molecule has 0 bridgehead atoms. The lowest BCUT2D eigenvalue weighted by atomic mass is 10.1. The van der Waals surface area contributed by atoms with Gasteiger partial charge in [0.2, 0.25) is 0 Å². The lowest BCUT2D eigenvalue weighted by Crippen LogP contribution is -2.03. The van der Waals surface area contributed by atoms with E-state index in [-0.39, 0.29) is 10.4 Å². The number of ether oxygens (including phenoxy) is 1. The summed E-state index contributed by atoms with van der Waals surface area (Å²) in [4.78, 5) is 21.9. The van der Waals surface area contributed by atoms with Crippen LogP contribution in [0.1, 0.15) is 20.0 Å². The average molecular weight is 252 g/mol. The summed E-state index contributed by atoms with van der Waals surface area (Å²) in [5.74, 6) is -1.91. The Balaban J connectivity index is 2.79. The van der Waals surface area contributed by atoms with Gasteiger partial charge in [0.15, 0.2) is 0 Å². The van der Waals surface area contributed by atoms with E-state index in [0.717, 1.165) is 11.3 Å². The number of carbonyl (C=O) groups is 2. The van der Waals surface area contributed by atoms with Gasteiger partial charge in [-0.3, -0.25) is 0 Å². The van der Waals surface area contributed by atoms with Gasteiger partial charge in [0, 0.05) is 10.1 Å². The Bertz CT molecular complexity index is 614. The summed E-state index contributed by atoms with van der Waals surface area (Å²) in [6, 6.07) is 4.78. The fraction of sp³-hybridized carbons (Fsp3) is 0.0909. The highest BCUT2D eigenvalue weighted by Gasteiger charge is 2.22. The minimum Gasteiger partial charge on any atom is -0.497 e. The number of hydrogen-bond donors (Lipinski definition) is 2. The van der Waals surface area contributed by atoms with Crippen molar-refractivity contribution in [3.8, 4) is 5.75 Å². The summed E-state index contributed by atoms with van der Waals surface area (Å²) >= 11 is 0.929. The zero-order valence-corrected chi connectivity index (χ0v) is 9.58. The van der Waals surface area contributed by atoms with Crippen molar-refractivity contribution in [2.75, 3.05) is 7.11 Å². The van der Waals surface area contributed by atoms with E-state index < -0.39 is 11.9 Å². The highest BCUT2D eigenvalue weighted by atomic mass is 32.1. The van der Waals surface area contributed by atoms with Crippen molar-refractivity contribution >= 4 is 33.4 Å². The molecule has 88 valence electrons. The minimum atomic E-state index is -1.24. The van der Waals surface area contributed by atoms with Crippen LogP contribution in [-0.4, -0.2) is 29.3 Å². The lowest BCUT2D eigenvalue weighted by Gasteiger charge is -1.98. The number of hydrogen-bond acceptors (Lipinski definition) is 4. The number of thiophene rings is 1. The van der Waals surface area contributed by atoms with Gasteiger partial charge in [-0.05, 0) is 18.2 Å². The molecule has 2 rings (SSSR count). The third-order valence-corrected chi connectivity index (χ3v) is 3.45. The number of methoxy groups -OCH3 is 1. The van der Waals surface area contributed by atoms with Gasteiger partial charge < -0.3 is 14.9 Å². The summed E-state index contributed by atoms with van der Waals surface area (Å²) < 4.78 is 5.59. The number of carboxylic acid groups (broad SMARTS) is 2. The zero-order chi connectivity index (χ0) is 12.6. The molecular weight excluding hydrogens is 244 g/mol. The van der Waals surface area contributed by atoms with Crippen LogP contribution in [0.2, 0.25) is 0 Å². The Morgan fingerprint density at radius 2 is 1.94 bits per heavy atom. The second kappa shape index (κ2) is 4.06. The van der Waals surface area contributed by atoms with Gasteiger partial charge in [-0.1, -0.05) is 0 Å². The normalized spacial score (nSPS) is 10.4. The van der Waals surface area contributed by atoms with Gasteiger partial charge in [-0.2, -0.15) is 0 Å². The van der Waals surface area contributed by atoms with E-state index in [1.807, 2.05) is 0 Å². The molecule has 2 N–H and O–H groups in total. The van der Waals surface area contributed by atoms with E-state index in [2.05, 4.69) is 0 Å². The predicted molar refractivity (Wildman–Crippen MR) is 62.3 cm³/mol. The Hall–Kier alpha value is -2.08. The first-order valence-corrected chi connectivity index (χ1v) is 5.43. The smallest absolute Gasteiger partial charge is 0.346 e. The first-order valence-electron chi connectivity index (χ1n) is 4.61. The lowest BCUT2D eigenvalue weighted by molar-refractivity contribution is 0.0657. The summed E-state index contributed by atoms with van der Waals surface area (Å²) in [5, 5.41) is 18.4. The maximum Gasteiger partial charge on any atom is 0.346 e. The van der Waals surface area contributed by atoms with E-state index in [4.69, 9.17) is 14.9 Å². The average Bonchev–Trinajstić information content (AvgIpc) is 2.66. The molecule has 0 fully saturated rings. The van der Waals surface area contributed by atoms with Crippen molar-refractivity contribution in [3.63, 3.8) is 0 Å². The molecular formula is C11H8O5S. The summed E-state index contributed by atoms with van der Waals surface area (Å²) in [6.45, 7) is 0. The molecule has 0 radical (unpaired) electrons. The molecule has 1 aromatic heterocycles. The number of aromatic carboxylic acids is 2. The monoisotopic (exact) mass is 252 g/mol. The van der Waals surface area contributed by atoms with Gasteiger partial charge in [0.05, 0.1) is 12.7 Å². The Morgan fingerprint density at radius 3 is 2.47 bits per heavy atom. The van der Waals surface area contributed by atoms with Crippen molar-refractivity contribution in [1.29, 1.82) is 0 Å². The van der Waals surface area contributed by atoms with Crippen LogP contribution < -0.4 is 4.74 Å². The Kier molecular flexibility index (Phi) is 2.72. The topological polar surface area (TPSA) is 83.8 Å². The van der Waals surface area contributed by atoms with E-state index in [1.165, 1.54) is 7.11 Å². The van der Waals surface area contributed by atoms with Gasteiger partial charge in [-0.25, -0.2) is 9.59 Å². The quantitative estimate of drug-likeness (QED) is 0.875. The predicted octanol–water partition coefficient (Wildman–Crippen LogP) is 2.31. The molecule has 0 saturated carbocycles.